The van der Waals surface area contributed by atoms with Gasteiger partial charge in [0.05, 0.1) is 25.9 Å². The van der Waals surface area contributed by atoms with Gasteiger partial charge in [-0.15, -0.1) is 0 Å². The van der Waals surface area contributed by atoms with Gasteiger partial charge in [-0.3, -0.25) is 4.79 Å². The number of hydrogen-bond donors (Lipinski definition) is 4. The second-order valence-electron chi connectivity index (χ2n) is 5.31. The van der Waals surface area contributed by atoms with E-state index in [2.05, 4.69) is 5.32 Å². The number of hydrogen-bond acceptors (Lipinski definition) is 7. The highest BCUT2D eigenvalue weighted by atomic mass is 16.7. The summed E-state index contributed by atoms with van der Waals surface area (Å²) in [4.78, 5) is 11.4. The second kappa shape index (κ2) is 7.60. The molecule has 1 heterocycles. The van der Waals surface area contributed by atoms with Crippen LogP contribution in [0.5, 0.6) is 11.5 Å². The highest BCUT2D eigenvalue weighted by molar-refractivity contribution is 5.73. The van der Waals surface area contributed by atoms with Crippen LogP contribution in [0.2, 0.25) is 0 Å². The molecule has 8 heteroatoms. The van der Waals surface area contributed by atoms with Crippen molar-refractivity contribution in [3.05, 3.63) is 24.3 Å². The van der Waals surface area contributed by atoms with Crippen LogP contribution in [-0.2, 0) is 9.53 Å². The minimum atomic E-state index is -1.12. The van der Waals surface area contributed by atoms with Gasteiger partial charge >= 0.3 is 0 Å². The minimum absolute atomic E-state index is 0.351. The van der Waals surface area contributed by atoms with Crippen molar-refractivity contribution in [1.82, 2.24) is 5.32 Å². The van der Waals surface area contributed by atoms with Gasteiger partial charge in [-0.2, -0.15) is 0 Å². The van der Waals surface area contributed by atoms with E-state index in [4.69, 9.17) is 19.9 Å². The van der Waals surface area contributed by atoms with Crippen LogP contribution in [-0.4, -0.2) is 60.4 Å². The zero-order chi connectivity index (χ0) is 17.0. The lowest BCUT2D eigenvalue weighted by molar-refractivity contribution is -0.210. The van der Waals surface area contributed by atoms with Crippen LogP contribution in [0.1, 0.15) is 6.92 Å². The van der Waals surface area contributed by atoms with E-state index in [0.29, 0.717) is 11.5 Å². The van der Waals surface area contributed by atoms with Gasteiger partial charge in [-0.1, -0.05) is 0 Å². The first-order valence-electron chi connectivity index (χ1n) is 7.24. The van der Waals surface area contributed by atoms with E-state index in [-0.39, 0.29) is 12.5 Å². The number of aliphatic hydroxyl groups excluding tert-OH is 2. The van der Waals surface area contributed by atoms with Gasteiger partial charge in [0, 0.05) is 6.92 Å². The molecule has 1 aliphatic heterocycles. The molecule has 5 N–H and O–H groups in total. The van der Waals surface area contributed by atoms with Crippen LogP contribution in [0.4, 0.5) is 0 Å². The quantitative estimate of drug-likeness (QED) is 0.546. The zero-order valence-electron chi connectivity index (χ0n) is 13.0. The maximum absolute atomic E-state index is 11.4. The van der Waals surface area contributed by atoms with Crippen molar-refractivity contribution in [2.75, 3.05) is 13.7 Å². The molecule has 2 rings (SSSR count). The van der Waals surface area contributed by atoms with Crippen LogP contribution in [0.15, 0.2) is 24.3 Å². The number of carbonyl (C=O) groups is 1. The molecule has 0 radical (unpaired) electrons. The molecule has 0 spiro atoms. The van der Waals surface area contributed by atoms with Crippen LogP contribution in [0.25, 0.3) is 0 Å². The summed E-state index contributed by atoms with van der Waals surface area (Å²) >= 11 is 0. The highest BCUT2D eigenvalue weighted by Crippen LogP contribution is 2.25. The van der Waals surface area contributed by atoms with E-state index in [0.717, 1.165) is 0 Å². The van der Waals surface area contributed by atoms with E-state index < -0.39 is 30.6 Å². The Morgan fingerprint density at radius 3 is 2.48 bits per heavy atom. The Kier molecular flexibility index (Phi) is 5.78. The Hall–Kier alpha value is -1.87. The molecular weight excluding hydrogens is 304 g/mol. The van der Waals surface area contributed by atoms with Crippen molar-refractivity contribution < 1.29 is 29.2 Å². The van der Waals surface area contributed by atoms with Crippen LogP contribution < -0.4 is 20.5 Å². The minimum Gasteiger partial charge on any atom is -0.497 e. The van der Waals surface area contributed by atoms with Gasteiger partial charge in [0.15, 0.2) is 0 Å². The smallest absolute Gasteiger partial charge is 0.223 e. The summed E-state index contributed by atoms with van der Waals surface area (Å²) in [6.07, 6.45) is -2.90. The molecule has 23 heavy (non-hydrogen) atoms. The maximum atomic E-state index is 11.4. The molecule has 4 unspecified atom stereocenters. The molecule has 0 bridgehead atoms. The average Bonchev–Trinajstić information content (AvgIpc) is 2.54. The number of methoxy groups -OCH3 is 1. The van der Waals surface area contributed by atoms with Gasteiger partial charge in [-0.05, 0) is 24.3 Å². The van der Waals surface area contributed by atoms with Gasteiger partial charge in [0.25, 0.3) is 0 Å². The van der Waals surface area contributed by atoms with E-state index in [1.165, 1.54) is 6.92 Å². The molecule has 0 saturated carbocycles. The maximum Gasteiger partial charge on any atom is 0.223 e. The van der Waals surface area contributed by atoms with Crippen molar-refractivity contribution in [3.8, 4) is 11.5 Å². The second-order valence-corrected chi connectivity index (χ2v) is 5.31. The SMILES string of the molecule is COc1ccc(OC2OC(CO)C(N)C(O)[C@@H]2NC(C)=O)cc1. The third-order valence-electron chi connectivity index (χ3n) is 3.66. The predicted octanol–water partition coefficient (Wildman–Crippen LogP) is -1.02. The van der Waals surface area contributed by atoms with Crippen molar-refractivity contribution >= 4 is 5.91 Å². The summed E-state index contributed by atoms with van der Waals surface area (Å²) < 4.78 is 16.4. The number of carbonyl (C=O) groups excluding carboxylic acids is 1. The molecule has 0 aliphatic carbocycles. The third-order valence-corrected chi connectivity index (χ3v) is 3.66. The molecule has 1 amide bonds. The first-order chi connectivity index (χ1) is 11.0. The third kappa shape index (κ3) is 4.11. The lowest BCUT2D eigenvalue weighted by Crippen LogP contribution is -2.67. The fraction of sp³-hybridized carbons (Fsp3) is 0.533. The molecular formula is C15H22N2O6. The number of amides is 1. The van der Waals surface area contributed by atoms with Crippen LogP contribution >= 0.6 is 0 Å². The highest BCUT2D eigenvalue weighted by Gasteiger charge is 2.45. The molecule has 8 nitrogen and oxygen atoms in total. The fourth-order valence-electron chi connectivity index (χ4n) is 2.41. The number of rotatable bonds is 5. The van der Waals surface area contributed by atoms with Crippen LogP contribution in [0.3, 0.4) is 0 Å². The summed E-state index contributed by atoms with van der Waals surface area (Å²) in [7, 11) is 1.55. The molecule has 128 valence electrons. The van der Waals surface area contributed by atoms with E-state index in [1.807, 2.05) is 0 Å². The first kappa shape index (κ1) is 17.5. The van der Waals surface area contributed by atoms with E-state index in [9.17, 15) is 15.0 Å². The number of ether oxygens (including phenoxy) is 3. The molecule has 1 fully saturated rings. The van der Waals surface area contributed by atoms with E-state index in [1.54, 1.807) is 31.4 Å². The molecule has 1 aliphatic rings. The summed E-state index contributed by atoms with van der Waals surface area (Å²) in [6.45, 7) is 0.953. The number of nitrogens with two attached hydrogens (primary N) is 1. The van der Waals surface area contributed by atoms with Crippen molar-refractivity contribution in [2.45, 2.75) is 37.5 Å². The number of benzene rings is 1. The van der Waals surface area contributed by atoms with Crippen molar-refractivity contribution in [3.63, 3.8) is 0 Å². The summed E-state index contributed by atoms with van der Waals surface area (Å²) in [5, 5.41) is 22.2. The summed E-state index contributed by atoms with van der Waals surface area (Å²) in [6, 6.07) is 5.05. The zero-order valence-corrected chi connectivity index (χ0v) is 13.0. The molecule has 1 aromatic carbocycles. The molecule has 1 saturated heterocycles. The molecule has 1 aromatic rings. The fourth-order valence-corrected chi connectivity index (χ4v) is 2.41. The Labute approximate surface area is 134 Å². The Bertz CT molecular complexity index is 523. The van der Waals surface area contributed by atoms with Gasteiger partial charge in [0.1, 0.15) is 23.6 Å². The lowest BCUT2D eigenvalue weighted by atomic mass is 9.95. The van der Waals surface area contributed by atoms with Crippen LogP contribution in [0, 0.1) is 0 Å². The monoisotopic (exact) mass is 326 g/mol. The first-order valence-corrected chi connectivity index (χ1v) is 7.24. The summed E-state index contributed by atoms with van der Waals surface area (Å²) in [5.41, 5.74) is 5.83. The number of aliphatic hydroxyl groups is 2. The number of nitrogens with one attached hydrogen (secondary N) is 1. The predicted molar refractivity (Wildman–Crippen MR) is 81.0 cm³/mol. The van der Waals surface area contributed by atoms with Gasteiger partial charge in [-0.25, -0.2) is 0 Å². The molecule has 0 aromatic heterocycles. The Morgan fingerprint density at radius 1 is 1.35 bits per heavy atom. The largest absolute Gasteiger partial charge is 0.497 e. The lowest BCUT2D eigenvalue weighted by Gasteiger charge is -2.42. The molecule has 5 atom stereocenters. The average molecular weight is 326 g/mol. The Morgan fingerprint density at radius 2 is 1.96 bits per heavy atom. The normalized spacial score (nSPS) is 30.6. The van der Waals surface area contributed by atoms with Gasteiger partial charge < -0.3 is 35.5 Å². The van der Waals surface area contributed by atoms with Gasteiger partial charge in [0.2, 0.25) is 12.2 Å². The van der Waals surface area contributed by atoms with Crippen molar-refractivity contribution in [1.29, 1.82) is 0 Å². The summed E-state index contributed by atoms with van der Waals surface area (Å²) in [5.74, 6) is 0.775. The topological polar surface area (TPSA) is 123 Å². The Balaban J connectivity index is 2.17. The van der Waals surface area contributed by atoms with E-state index >= 15 is 0 Å². The van der Waals surface area contributed by atoms with Crippen molar-refractivity contribution in [2.24, 2.45) is 5.73 Å². The standard InChI is InChI=1S/C15H22N2O6/c1-8(19)17-13-14(20)12(16)11(7-18)23-15(13)22-10-5-3-9(21-2)4-6-10/h3-6,11-15,18,20H,7,16H2,1-2H3,(H,17,19)/t11?,12?,13-,14?,15?/m0/s1.